The second kappa shape index (κ2) is 11.3. The molecule has 2 atom stereocenters. The quantitative estimate of drug-likeness (QED) is 0.702. The first-order chi connectivity index (χ1) is 14.6. The summed E-state index contributed by atoms with van der Waals surface area (Å²) in [7, 11) is 1.66. The molecule has 7 heteroatoms. The zero-order valence-electron chi connectivity index (χ0n) is 18.3. The van der Waals surface area contributed by atoms with Gasteiger partial charge < -0.3 is 19.7 Å². The van der Waals surface area contributed by atoms with Gasteiger partial charge in [0.15, 0.2) is 0 Å². The summed E-state index contributed by atoms with van der Waals surface area (Å²) in [5.41, 5.74) is 1.15. The van der Waals surface area contributed by atoms with Gasteiger partial charge in [-0.1, -0.05) is 19.1 Å². The van der Waals surface area contributed by atoms with E-state index in [0.717, 1.165) is 50.2 Å². The Labute approximate surface area is 179 Å². The van der Waals surface area contributed by atoms with Crippen LogP contribution >= 0.6 is 0 Å². The van der Waals surface area contributed by atoms with E-state index in [0.29, 0.717) is 32.7 Å². The molecule has 3 rings (SSSR count). The Kier molecular flexibility index (Phi) is 8.51. The standard InChI is InChI=1S/C23H35N3O4/c1-3-5-22(27)26-11-4-6-19(17-26)23(28)24-16-21(25-12-14-30-15-13-25)18-7-9-20(29-2)10-8-18/h7-10,19,21H,3-6,11-17H2,1-2H3,(H,24,28). The van der Waals surface area contributed by atoms with Gasteiger partial charge in [-0.05, 0) is 37.0 Å². The summed E-state index contributed by atoms with van der Waals surface area (Å²) in [5, 5.41) is 3.18. The van der Waals surface area contributed by atoms with Gasteiger partial charge in [-0.15, -0.1) is 0 Å². The van der Waals surface area contributed by atoms with Crippen LogP contribution in [0.25, 0.3) is 0 Å². The van der Waals surface area contributed by atoms with E-state index >= 15 is 0 Å². The number of nitrogens with zero attached hydrogens (tertiary/aromatic N) is 2. The number of ether oxygens (including phenoxy) is 2. The van der Waals surface area contributed by atoms with Crippen molar-refractivity contribution >= 4 is 11.8 Å². The molecule has 166 valence electrons. The number of methoxy groups -OCH3 is 1. The third-order valence-electron chi connectivity index (χ3n) is 6.07. The molecular weight excluding hydrogens is 382 g/mol. The van der Waals surface area contributed by atoms with Gasteiger partial charge in [-0.3, -0.25) is 14.5 Å². The maximum Gasteiger partial charge on any atom is 0.224 e. The molecule has 2 aliphatic rings. The zero-order chi connectivity index (χ0) is 21.3. The van der Waals surface area contributed by atoms with Crippen LogP contribution < -0.4 is 10.1 Å². The molecule has 2 saturated heterocycles. The highest BCUT2D eigenvalue weighted by molar-refractivity contribution is 5.81. The fourth-order valence-corrected chi connectivity index (χ4v) is 4.30. The molecule has 0 spiro atoms. The van der Waals surface area contributed by atoms with Crippen LogP contribution in [0.1, 0.15) is 44.2 Å². The molecule has 1 aromatic carbocycles. The second-order valence-corrected chi connectivity index (χ2v) is 8.11. The first kappa shape index (κ1) is 22.6. The molecular formula is C23H35N3O4. The summed E-state index contributed by atoms with van der Waals surface area (Å²) >= 11 is 0. The monoisotopic (exact) mass is 417 g/mol. The van der Waals surface area contributed by atoms with Gasteiger partial charge in [0.2, 0.25) is 11.8 Å². The van der Waals surface area contributed by atoms with Gasteiger partial charge >= 0.3 is 0 Å². The number of hydrogen-bond acceptors (Lipinski definition) is 5. The molecule has 2 aliphatic heterocycles. The fourth-order valence-electron chi connectivity index (χ4n) is 4.30. The van der Waals surface area contributed by atoms with Gasteiger partial charge in [0.1, 0.15) is 5.75 Å². The van der Waals surface area contributed by atoms with Crippen LogP contribution in [0.15, 0.2) is 24.3 Å². The van der Waals surface area contributed by atoms with E-state index < -0.39 is 0 Å². The minimum Gasteiger partial charge on any atom is -0.497 e. The van der Waals surface area contributed by atoms with E-state index in [9.17, 15) is 9.59 Å². The number of carbonyl (C=O) groups excluding carboxylic acids is 2. The van der Waals surface area contributed by atoms with Crippen molar-refractivity contribution in [1.82, 2.24) is 15.1 Å². The number of amides is 2. The average molecular weight is 418 g/mol. The summed E-state index contributed by atoms with van der Waals surface area (Å²) in [6.45, 7) is 6.96. The van der Waals surface area contributed by atoms with Crippen LogP contribution in [0.2, 0.25) is 0 Å². The molecule has 0 saturated carbocycles. The minimum atomic E-state index is -0.124. The predicted octanol–water partition coefficient (Wildman–Crippen LogP) is 2.22. The molecule has 0 bridgehead atoms. The zero-order valence-corrected chi connectivity index (χ0v) is 18.3. The summed E-state index contributed by atoms with van der Waals surface area (Å²) in [5.74, 6) is 0.915. The lowest BCUT2D eigenvalue weighted by molar-refractivity contribution is -0.135. The SMILES string of the molecule is CCCC(=O)N1CCCC(C(=O)NCC(c2ccc(OC)cc2)N2CCOCC2)C1. The van der Waals surface area contributed by atoms with E-state index in [2.05, 4.69) is 22.3 Å². The lowest BCUT2D eigenvalue weighted by Gasteiger charge is -2.36. The van der Waals surface area contributed by atoms with Crippen molar-refractivity contribution in [2.75, 3.05) is 53.0 Å². The number of benzene rings is 1. The van der Waals surface area contributed by atoms with E-state index in [1.165, 1.54) is 0 Å². The normalized spacial score (nSPS) is 21.1. The summed E-state index contributed by atoms with van der Waals surface area (Å²) < 4.78 is 10.8. The van der Waals surface area contributed by atoms with Crippen molar-refractivity contribution in [2.45, 2.75) is 38.6 Å². The molecule has 2 unspecified atom stereocenters. The highest BCUT2D eigenvalue weighted by Gasteiger charge is 2.29. The number of morpholine rings is 1. The first-order valence-electron chi connectivity index (χ1n) is 11.1. The summed E-state index contributed by atoms with van der Waals surface area (Å²) in [4.78, 5) is 29.4. The number of hydrogen-bond donors (Lipinski definition) is 1. The van der Waals surface area contributed by atoms with Crippen LogP contribution in [-0.4, -0.2) is 74.7 Å². The predicted molar refractivity (Wildman–Crippen MR) is 115 cm³/mol. The molecule has 0 radical (unpaired) electrons. The van der Waals surface area contributed by atoms with Gasteiger partial charge in [-0.2, -0.15) is 0 Å². The van der Waals surface area contributed by atoms with Crippen molar-refractivity contribution in [1.29, 1.82) is 0 Å². The van der Waals surface area contributed by atoms with Crippen molar-refractivity contribution < 1.29 is 19.1 Å². The Balaban J connectivity index is 1.62. The third-order valence-corrected chi connectivity index (χ3v) is 6.07. The Hall–Kier alpha value is -2.12. The minimum absolute atomic E-state index is 0.0516. The Morgan fingerprint density at radius 1 is 1.20 bits per heavy atom. The van der Waals surface area contributed by atoms with Gasteiger partial charge in [-0.25, -0.2) is 0 Å². The number of nitrogens with one attached hydrogen (secondary N) is 1. The smallest absolute Gasteiger partial charge is 0.224 e. The molecule has 30 heavy (non-hydrogen) atoms. The molecule has 0 aromatic heterocycles. The van der Waals surface area contributed by atoms with Crippen LogP contribution in [0.5, 0.6) is 5.75 Å². The number of carbonyl (C=O) groups is 2. The second-order valence-electron chi connectivity index (χ2n) is 8.11. The highest BCUT2D eigenvalue weighted by Crippen LogP contribution is 2.24. The lowest BCUT2D eigenvalue weighted by Crippen LogP contribution is -2.48. The number of piperidine rings is 1. The summed E-state index contributed by atoms with van der Waals surface area (Å²) in [6, 6.07) is 8.14. The molecule has 2 fully saturated rings. The maximum absolute atomic E-state index is 12.9. The number of likely N-dealkylation sites (tertiary alicyclic amines) is 1. The average Bonchev–Trinajstić information content (AvgIpc) is 2.80. The highest BCUT2D eigenvalue weighted by atomic mass is 16.5. The largest absolute Gasteiger partial charge is 0.497 e. The van der Waals surface area contributed by atoms with Crippen molar-refractivity contribution in [3.05, 3.63) is 29.8 Å². The van der Waals surface area contributed by atoms with Crippen molar-refractivity contribution in [3.63, 3.8) is 0 Å². The van der Waals surface area contributed by atoms with E-state index in [1.54, 1.807) is 7.11 Å². The summed E-state index contributed by atoms with van der Waals surface area (Å²) in [6.07, 6.45) is 3.13. The van der Waals surface area contributed by atoms with Crippen LogP contribution in [0, 0.1) is 5.92 Å². The number of rotatable bonds is 8. The van der Waals surface area contributed by atoms with Gasteiger partial charge in [0, 0.05) is 39.1 Å². The molecule has 1 aromatic rings. The fraction of sp³-hybridized carbons (Fsp3) is 0.652. The maximum atomic E-state index is 12.9. The van der Waals surface area contributed by atoms with E-state index in [4.69, 9.17) is 9.47 Å². The van der Waals surface area contributed by atoms with Crippen LogP contribution in [0.3, 0.4) is 0 Å². The Morgan fingerprint density at radius 3 is 2.60 bits per heavy atom. The Morgan fingerprint density at radius 2 is 1.93 bits per heavy atom. The molecule has 1 N–H and O–H groups in total. The molecule has 7 nitrogen and oxygen atoms in total. The van der Waals surface area contributed by atoms with Gasteiger partial charge in [0.05, 0.1) is 32.3 Å². The molecule has 0 aliphatic carbocycles. The van der Waals surface area contributed by atoms with Gasteiger partial charge in [0.25, 0.3) is 0 Å². The first-order valence-corrected chi connectivity index (χ1v) is 11.1. The van der Waals surface area contributed by atoms with Crippen molar-refractivity contribution in [2.24, 2.45) is 5.92 Å². The third kappa shape index (κ3) is 5.95. The van der Waals surface area contributed by atoms with Crippen molar-refractivity contribution in [3.8, 4) is 5.75 Å². The molecule has 2 amide bonds. The van der Waals surface area contributed by atoms with Crippen LogP contribution in [-0.2, 0) is 14.3 Å². The molecule has 2 heterocycles. The van der Waals surface area contributed by atoms with E-state index in [-0.39, 0.29) is 23.8 Å². The lowest BCUT2D eigenvalue weighted by atomic mass is 9.96. The van der Waals surface area contributed by atoms with Crippen LogP contribution in [0.4, 0.5) is 0 Å². The Bertz CT molecular complexity index is 688. The topological polar surface area (TPSA) is 71.1 Å². The van der Waals surface area contributed by atoms with E-state index in [1.807, 2.05) is 24.0 Å².